The maximum absolute atomic E-state index is 10.9. The van der Waals surface area contributed by atoms with Gasteiger partial charge in [-0.05, 0) is 0 Å². The minimum Gasteiger partial charge on any atom is -0.493 e. The zero-order valence-electron chi connectivity index (χ0n) is 14.7. The van der Waals surface area contributed by atoms with Crippen molar-refractivity contribution >= 4 is 18.3 Å². The Morgan fingerprint density at radius 3 is 2.40 bits per heavy atom. The van der Waals surface area contributed by atoms with E-state index in [1.807, 2.05) is 13.8 Å². The van der Waals surface area contributed by atoms with Gasteiger partial charge in [-0.3, -0.25) is 10.1 Å². The first-order valence-electron chi connectivity index (χ1n) is 7.75. The van der Waals surface area contributed by atoms with Crippen molar-refractivity contribution in [2.45, 2.75) is 18.7 Å². The lowest BCUT2D eigenvalue weighted by atomic mass is 9.97. The van der Waals surface area contributed by atoms with Crippen LogP contribution in [0.1, 0.15) is 13.8 Å². The predicted molar refractivity (Wildman–Crippen MR) is 94.9 cm³/mol. The molecule has 8 nitrogen and oxygen atoms in total. The van der Waals surface area contributed by atoms with E-state index in [1.54, 1.807) is 0 Å². The largest absolute Gasteiger partial charge is 0.493 e. The van der Waals surface area contributed by atoms with E-state index >= 15 is 0 Å². The number of aliphatic hydroxyl groups is 1. The summed E-state index contributed by atoms with van der Waals surface area (Å²) in [5.74, 6) is 0.627. The van der Waals surface area contributed by atoms with Gasteiger partial charge < -0.3 is 24.1 Å². The molecule has 0 fully saturated rings. The second-order valence-corrected chi connectivity index (χ2v) is 6.57. The molecule has 1 rings (SSSR count). The Labute approximate surface area is 152 Å². The zero-order valence-corrected chi connectivity index (χ0v) is 15.6. The fraction of sp³-hybridized carbons (Fsp3) is 0.625. The van der Waals surface area contributed by atoms with E-state index in [0.29, 0.717) is 32.2 Å². The maximum Gasteiger partial charge on any atom is 0.286 e. The molecule has 1 aromatic rings. The van der Waals surface area contributed by atoms with Crippen molar-refractivity contribution in [3.63, 3.8) is 0 Å². The van der Waals surface area contributed by atoms with Crippen molar-refractivity contribution in [1.82, 2.24) is 0 Å². The van der Waals surface area contributed by atoms with Gasteiger partial charge in [-0.15, -0.1) is 12.6 Å². The van der Waals surface area contributed by atoms with Gasteiger partial charge in [-0.1, -0.05) is 13.8 Å². The van der Waals surface area contributed by atoms with E-state index in [0.717, 1.165) is 0 Å². The molecule has 1 N–H and O–H groups in total. The lowest BCUT2D eigenvalue weighted by molar-refractivity contribution is -0.387. The van der Waals surface area contributed by atoms with Gasteiger partial charge in [0.25, 0.3) is 5.69 Å². The average Bonchev–Trinajstić information content (AvgIpc) is 2.57. The summed E-state index contributed by atoms with van der Waals surface area (Å²) in [4.78, 5) is 10.6. The number of aliphatic hydroxyl groups excluding tert-OH is 1. The Balaban J connectivity index is 2.34. The van der Waals surface area contributed by atoms with Crippen LogP contribution in [0.4, 0.5) is 5.69 Å². The van der Waals surface area contributed by atoms with Crippen molar-refractivity contribution in [2.24, 2.45) is 5.41 Å². The smallest absolute Gasteiger partial charge is 0.286 e. The normalized spacial score (nSPS) is 11.4. The summed E-state index contributed by atoms with van der Waals surface area (Å²) in [7, 11) is 1.45. The summed E-state index contributed by atoms with van der Waals surface area (Å²) >= 11 is 4.06. The lowest BCUT2D eigenvalue weighted by Crippen LogP contribution is -2.24. The molecule has 0 amide bonds. The molecule has 142 valence electrons. The third-order valence-electron chi connectivity index (χ3n) is 3.24. The molecule has 25 heavy (non-hydrogen) atoms. The molecule has 0 aliphatic rings. The Morgan fingerprint density at radius 2 is 1.80 bits per heavy atom. The van der Waals surface area contributed by atoms with Crippen LogP contribution in [0, 0.1) is 15.5 Å². The standard InChI is InChI=1S/C16H25NO7S/c1-16(2,10-18)11-23-5-4-22-6-7-24-14-8-12(17(19)20)15(25)9-13(14)21-3/h8-9,18,25H,4-7,10-11H2,1-3H3. The molecule has 0 unspecified atom stereocenters. The first-order valence-corrected chi connectivity index (χ1v) is 8.20. The zero-order chi connectivity index (χ0) is 18.9. The van der Waals surface area contributed by atoms with Crippen LogP contribution in [0.3, 0.4) is 0 Å². The molecule has 0 aromatic heterocycles. The summed E-state index contributed by atoms with van der Waals surface area (Å²) in [5, 5.41) is 20.1. The van der Waals surface area contributed by atoms with Crippen LogP contribution in [0.2, 0.25) is 0 Å². The van der Waals surface area contributed by atoms with Crippen molar-refractivity contribution in [1.29, 1.82) is 0 Å². The number of rotatable bonds is 12. The fourth-order valence-corrected chi connectivity index (χ4v) is 2.05. The SMILES string of the molecule is COc1cc(S)c([N+](=O)[O-])cc1OCCOCCOCC(C)(C)CO. The molecule has 0 aliphatic heterocycles. The highest BCUT2D eigenvalue weighted by atomic mass is 32.1. The molecular formula is C16H25NO7S. The summed E-state index contributed by atoms with van der Waals surface area (Å²) in [6, 6.07) is 2.72. The van der Waals surface area contributed by atoms with E-state index < -0.39 is 4.92 Å². The van der Waals surface area contributed by atoms with Gasteiger partial charge >= 0.3 is 0 Å². The number of nitro benzene ring substituents is 1. The molecule has 1 aromatic carbocycles. The van der Waals surface area contributed by atoms with E-state index in [2.05, 4.69) is 12.6 Å². The Kier molecular flexibility index (Phi) is 8.98. The van der Waals surface area contributed by atoms with Crippen LogP contribution < -0.4 is 9.47 Å². The molecule has 9 heteroatoms. The molecule has 0 radical (unpaired) electrons. The number of hydrogen-bond donors (Lipinski definition) is 2. The van der Waals surface area contributed by atoms with Gasteiger partial charge in [0.15, 0.2) is 11.5 Å². The highest BCUT2D eigenvalue weighted by Gasteiger charge is 2.18. The molecule has 0 atom stereocenters. The maximum atomic E-state index is 10.9. The van der Waals surface area contributed by atoms with Crippen LogP contribution in [-0.2, 0) is 9.47 Å². The second-order valence-electron chi connectivity index (χ2n) is 6.08. The minimum absolute atomic E-state index is 0.0563. The topological polar surface area (TPSA) is 100 Å². The average molecular weight is 375 g/mol. The summed E-state index contributed by atoms with van der Waals surface area (Å²) in [6.07, 6.45) is 0. The van der Waals surface area contributed by atoms with Gasteiger partial charge in [-0.2, -0.15) is 0 Å². The first-order chi connectivity index (χ1) is 11.8. The number of ether oxygens (including phenoxy) is 4. The van der Waals surface area contributed by atoms with Gasteiger partial charge in [0, 0.05) is 11.5 Å². The van der Waals surface area contributed by atoms with E-state index in [4.69, 9.17) is 24.1 Å². The van der Waals surface area contributed by atoms with Gasteiger partial charge in [-0.25, -0.2) is 0 Å². The van der Waals surface area contributed by atoms with Crippen LogP contribution in [-0.4, -0.2) is 56.8 Å². The predicted octanol–water partition coefficient (Wildman–Crippen LogP) is 2.32. The fourth-order valence-electron chi connectivity index (χ4n) is 1.78. The molecular weight excluding hydrogens is 350 g/mol. The van der Waals surface area contributed by atoms with Crippen molar-refractivity contribution < 1.29 is 29.0 Å². The molecule has 0 saturated heterocycles. The van der Waals surface area contributed by atoms with Gasteiger partial charge in [0.1, 0.15) is 6.61 Å². The van der Waals surface area contributed by atoms with Crippen LogP contribution in [0.15, 0.2) is 17.0 Å². The molecule has 0 heterocycles. The van der Waals surface area contributed by atoms with Gasteiger partial charge in [0.2, 0.25) is 0 Å². The Hall–Kier alpha value is -1.55. The molecule has 0 saturated carbocycles. The van der Waals surface area contributed by atoms with E-state index in [1.165, 1.54) is 19.2 Å². The third-order valence-corrected chi connectivity index (χ3v) is 3.59. The summed E-state index contributed by atoms with van der Waals surface area (Å²) < 4.78 is 21.4. The Bertz CT molecular complexity index is 566. The lowest BCUT2D eigenvalue weighted by Gasteiger charge is -2.21. The van der Waals surface area contributed by atoms with Crippen molar-refractivity contribution in [3.05, 3.63) is 22.2 Å². The molecule has 0 aliphatic carbocycles. The minimum atomic E-state index is -0.531. The summed E-state index contributed by atoms with van der Waals surface area (Å²) in [6.45, 7) is 5.62. The van der Waals surface area contributed by atoms with Crippen molar-refractivity contribution in [3.8, 4) is 11.5 Å². The van der Waals surface area contributed by atoms with E-state index in [9.17, 15) is 10.1 Å². The van der Waals surface area contributed by atoms with E-state index in [-0.39, 0.29) is 35.0 Å². The second kappa shape index (κ2) is 10.4. The first kappa shape index (κ1) is 21.5. The van der Waals surface area contributed by atoms with Crippen LogP contribution >= 0.6 is 12.6 Å². The monoisotopic (exact) mass is 375 g/mol. The number of thiol groups is 1. The number of benzene rings is 1. The molecule has 0 bridgehead atoms. The van der Waals surface area contributed by atoms with Crippen LogP contribution in [0.25, 0.3) is 0 Å². The quantitative estimate of drug-likeness (QED) is 0.250. The highest BCUT2D eigenvalue weighted by Crippen LogP contribution is 2.36. The highest BCUT2D eigenvalue weighted by molar-refractivity contribution is 7.80. The number of nitro groups is 1. The van der Waals surface area contributed by atoms with Crippen molar-refractivity contribution in [2.75, 3.05) is 46.8 Å². The Morgan fingerprint density at radius 1 is 1.16 bits per heavy atom. The number of nitrogens with zero attached hydrogens (tertiary/aromatic N) is 1. The molecule has 0 spiro atoms. The van der Waals surface area contributed by atoms with Crippen LogP contribution in [0.5, 0.6) is 11.5 Å². The summed E-state index contributed by atoms with van der Waals surface area (Å²) in [5.41, 5.74) is -0.423. The number of hydrogen-bond acceptors (Lipinski definition) is 8. The third kappa shape index (κ3) is 7.47. The number of methoxy groups -OCH3 is 1. The van der Waals surface area contributed by atoms with Gasteiger partial charge in [0.05, 0.1) is 56.0 Å².